The normalized spacial score (nSPS) is 10.1. The van der Waals surface area contributed by atoms with Gasteiger partial charge in [-0.3, -0.25) is 5.41 Å². The molecule has 0 radical (unpaired) electrons. The van der Waals surface area contributed by atoms with Crippen LogP contribution in [0.25, 0.3) is 0 Å². The van der Waals surface area contributed by atoms with Crippen LogP contribution in [0.4, 0.5) is 0 Å². The number of aromatic nitrogens is 1. The molecule has 0 amide bonds. The molecule has 0 atom stereocenters. The van der Waals surface area contributed by atoms with Crippen LogP contribution in [0.2, 0.25) is 10.0 Å². The molecule has 1 aromatic carbocycles. The number of nitrogen functional groups attached to an aromatic ring is 1. The van der Waals surface area contributed by atoms with E-state index in [0.717, 1.165) is 0 Å². The Balaban J connectivity index is 2.40. The van der Waals surface area contributed by atoms with Gasteiger partial charge in [0, 0.05) is 6.20 Å². The Kier molecular flexibility index (Phi) is 3.69. The Morgan fingerprint density at radius 1 is 1.17 bits per heavy atom. The van der Waals surface area contributed by atoms with Gasteiger partial charge in [-0.1, -0.05) is 29.3 Å². The zero-order valence-electron chi connectivity index (χ0n) is 9.15. The molecule has 3 N–H and O–H groups in total. The third-order valence-electron chi connectivity index (χ3n) is 2.16. The van der Waals surface area contributed by atoms with Crippen LogP contribution >= 0.6 is 23.2 Å². The molecule has 4 nitrogen and oxygen atoms in total. The highest BCUT2D eigenvalue weighted by atomic mass is 35.5. The Morgan fingerprint density at radius 3 is 2.61 bits per heavy atom. The Labute approximate surface area is 114 Å². The zero-order chi connectivity index (χ0) is 13.1. The molecule has 1 heterocycles. The fraction of sp³-hybridized carbons (Fsp3) is 0. The Morgan fingerprint density at radius 2 is 1.89 bits per heavy atom. The second kappa shape index (κ2) is 5.25. The second-order valence-electron chi connectivity index (χ2n) is 3.42. The first-order valence-electron chi connectivity index (χ1n) is 5.01. The van der Waals surface area contributed by atoms with Gasteiger partial charge in [-0.05, 0) is 24.3 Å². The van der Waals surface area contributed by atoms with E-state index in [2.05, 4.69) is 4.98 Å². The van der Waals surface area contributed by atoms with Crippen molar-refractivity contribution >= 4 is 29.0 Å². The monoisotopic (exact) mass is 281 g/mol. The highest BCUT2D eigenvalue weighted by Crippen LogP contribution is 2.35. The Hall–Kier alpha value is -1.78. The van der Waals surface area contributed by atoms with Gasteiger partial charge >= 0.3 is 0 Å². The quantitative estimate of drug-likeness (QED) is 0.668. The number of nitrogens with zero attached hydrogens (tertiary/aromatic N) is 1. The molecule has 2 aromatic rings. The van der Waals surface area contributed by atoms with Crippen molar-refractivity contribution in [2.75, 3.05) is 0 Å². The lowest BCUT2D eigenvalue weighted by Gasteiger charge is -2.10. The molecule has 18 heavy (non-hydrogen) atoms. The number of halogens is 2. The maximum absolute atomic E-state index is 7.41. The van der Waals surface area contributed by atoms with Crippen molar-refractivity contribution in [3.05, 3.63) is 52.3 Å². The summed E-state index contributed by atoms with van der Waals surface area (Å²) in [5.74, 6) is 0.567. The molecule has 0 saturated heterocycles. The predicted molar refractivity (Wildman–Crippen MR) is 71.8 cm³/mol. The van der Waals surface area contributed by atoms with Crippen molar-refractivity contribution in [3.63, 3.8) is 0 Å². The van der Waals surface area contributed by atoms with Gasteiger partial charge in [0.25, 0.3) is 0 Å². The lowest BCUT2D eigenvalue weighted by molar-refractivity contribution is 0.479. The molecule has 0 bridgehead atoms. The summed E-state index contributed by atoms with van der Waals surface area (Å²) in [4.78, 5) is 3.98. The predicted octanol–water partition coefficient (Wildman–Crippen LogP) is 3.46. The molecule has 1 aromatic heterocycles. The minimum atomic E-state index is -0.177. The summed E-state index contributed by atoms with van der Waals surface area (Å²) in [5, 5.41) is 8.11. The number of pyridine rings is 1. The van der Waals surface area contributed by atoms with E-state index in [1.165, 1.54) is 6.20 Å². The summed E-state index contributed by atoms with van der Waals surface area (Å²) in [5.41, 5.74) is 5.68. The molecule has 2 rings (SSSR count). The van der Waals surface area contributed by atoms with E-state index in [9.17, 15) is 0 Å². The van der Waals surface area contributed by atoms with Crippen LogP contribution in [0.3, 0.4) is 0 Å². The van der Waals surface area contributed by atoms with Gasteiger partial charge in [-0.15, -0.1) is 0 Å². The van der Waals surface area contributed by atoms with Crippen molar-refractivity contribution in [1.29, 1.82) is 5.41 Å². The van der Waals surface area contributed by atoms with Crippen LogP contribution in [0.1, 0.15) is 5.69 Å². The molecule has 0 saturated carbocycles. The number of nitrogens with two attached hydrogens (primary N) is 1. The SMILES string of the molecule is N=C(N)c1ncccc1Oc1cccc(Cl)c1Cl. The minimum absolute atomic E-state index is 0.177. The first kappa shape index (κ1) is 12.7. The Bertz CT molecular complexity index is 602. The molecule has 92 valence electrons. The number of nitrogens with one attached hydrogen (secondary N) is 1. The van der Waals surface area contributed by atoms with Crippen LogP contribution in [0, 0.1) is 5.41 Å². The summed E-state index contributed by atoms with van der Waals surface area (Å²) in [6, 6.07) is 8.38. The van der Waals surface area contributed by atoms with Crippen LogP contribution < -0.4 is 10.5 Å². The second-order valence-corrected chi connectivity index (χ2v) is 4.20. The summed E-state index contributed by atoms with van der Waals surface area (Å²) >= 11 is 11.9. The molecular weight excluding hydrogens is 273 g/mol. The van der Waals surface area contributed by atoms with E-state index in [-0.39, 0.29) is 11.5 Å². The maximum atomic E-state index is 7.41. The van der Waals surface area contributed by atoms with Crippen molar-refractivity contribution in [1.82, 2.24) is 4.98 Å². The fourth-order valence-corrected chi connectivity index (χ4v) is 1.69. The van der Waals surface area contributed by atoms with Gasteiger partial charge in [0.15, 0.2) is 5.75 Å². The number of hydrogen-bond donors (Lipinski definition) is 2. The van der Waals surface area contributed by atoms with E-state index in [1.807, 2.05) is 0 Å². The molecule has 0 unspecified atom stereocenters. The van der Waals surface area contributed by atoms with Crippen LogP contribution in [0.15, 0.2) is 36.5 Å². The van der Waals surface area contributed by atoms with Gasteiger partial charge in [-0.2, -0.15) is 0 Å². The number of benzene rings is 1. The average molecular weight is 282 g/mol. The van der Waals surface area contributed by atoms with Gasteiger partial charge < -0.3 is 10.5 Å². The smallest absolute Gasteiger partial charge is 0.156 e. The molecule has 0 aliphatic rings. The summed E-state index contributed by atoms with van der Waals surface area (Å²) < 4.78 is 5.58. The number of hydrogen-bond acceptors (Lipinski definition) is 3. The van der Waals surface area contributed by atoms with Crippen LogP contribution in [0.5, 0.6) is 11.5 Å². The molecular formula is C12H9Cl2N3O. The van der Waals surface area contributed by atoms with Crippen molar-refractivity contribution in [2.45, 2.75) is 0 Å². The van der Waals surface area contributed by atoms with Crippen molar-refractivity contribution < 1.29 is 4.74 Å². The van der Waals surface area contributed by atoms with Crippen LogP contribution in [-0.2, 0) is 0 Å². The largest absolute Gasteiger partial charge is 0.453 e. The fourth-order valence-electron chi connectivity index (χ4n) is 1.36. The van der Waals surface area contributed by atoms with Gasteiger partial charge in [0.2, 0.25) is 0 Å². The van der Waals surface area contributed by atoms with E-state index in [1.54, 1.807) is 30.3 Å². The van der Waals surface area contributed by atoms with Crippen molar-refractivity contribution in [3.8, 4) is 11.5 Å². The number of ether oxygens (including phenoxy) is 1. The topological polar surface area (TPSA) is 72.0 Å². The highest BCUT2D eigenvalue weighted by molar-refractivity contribution is 6.42. The van der Waals surface area contributed by atoms with E-state index >= 15 is 0 Å². The third kappa shape index (κ3) is 2.55. The molecule has 0 aliphatic carbocycles. The molecule has 0 aliphatic heterocycles. The van der Waals surface area contributed by atoms with E-state index in [4.69, 9.17) is 39.1 Å². The lowest BCUT2D eigenvalue weighted by atomic mass is 10.3. The zero-order valence-corrected chi connectivity index (χ0v) is 10.7. The average Bonchev–Trinajstić information content (AvgIpc) is 2.35. The first-order valence-corrected chi connectivity index (χ1v) is 5.76. The van der Waals surface area contributed by atoms with E-state index in [0.29, 0.717) is 21.5 Å². The minimum Gasteiger partial charge on any atom is -0.453 e. The molecule has 0 spiro atoms. The molecule has 0 fully saturated rings. The van der Waals surface area contributed by atoms with Crippen LogP contribution in [-0.4, -0.2) is 10.8 Å². The summed E-state index contributed by atoms with van der Waals surface area (Å²) in [7, 11) is 0. The van der Waals surface area contributed by atoms with E-state index < -0.39 is 0 Å². The number of rotatable bonds is 3. The standard InChI is InChI=1S/C12H9Cl2N3O/c13-7-3-1-4-8(10(7)14)18-9-5-2-6-17-11(9)12(15)16/h1-6H,(H3,15,16). The van der Waals surface area contributed by atoms with Gasteiger partial charge in [-0.25, -0.2) is 4.98 Å². The first-order chi connectivity index (χ1) is 8.59. The van der Waals surface area contributed by atoms with Gasteiger partial charge in [0.05, 0.1) is 5.02 Å². The van der Waals surface area contributed by atoms with Crippen molar-refractivity contribution in [2.24, 2.45) is 5.73 Å². The lowest BCUT2D eigenvalue weighted by Crippen LogP contribution is -2.14. The maximum Gasteiger partial charge on any atom is 0.156 e. The summed E-state index contributed by atoms with van der Waals surface area (Å²) in [6.45, 7) is 0. The highest BCUT2D eigenvalue weighted by Gasteiger charge is 2.11. The van der Waals surface area contributed by atoms with Gasteiger partial charge in [0.1, 0.15) is 22.3 Å². The number of amidine groups is 1. The third-order valence-corrected chi connectivity index (χ3v) is 2.96. The summed E-state index contributed by atoms with van der Waals surface area (Å²) in [6.07, 6.45) is 1.53. The molecule has 6 heteroatoms.